The third-order valence-electron chi connectivity index (χ3n) is 8.76. The standard InChI is InChI=1S/C36H38Cl2N8/c1-23-5-7-24(8-6-23)20-40-33-26(19-39)21-41-35-30(33)17-28(38)18-31(35)42-34(25-9-11-27(37)12-10-25)32-22-46(44-43-32)29-13-15-45(16-14-29)36(2,3)4/h5-12,17-18,21-22,29,34,42H,13-16,20H2,1-4H3,(H,40,41)/t34-/m0/s1. The number of aryl methyl sites for hydroxylation is 1. The van der Waals surface area contributed by atoms with Crippen molar-refractivity contribution in [3.63, 3.8) is 0 Å². The molecule has 3 aromatic carbocycles. The third-order valence-corrected chi connectivity index (χ3v) is 9.23. The van der Waals surface area contributed by atoms with Crippen LogP contribution >= 0.6 is 23.2 Å². The molecule has 236 valence electrons. The lowest BCUT2D eigenvalue weighted by atomic mass is 9.98. The Labute approximate surface area is 280 Å². The Morgan fingerprint density at radius 2 is 1.72 bits per heavy atom. The van der Waals surface area contributed by atoms with Crippen LogP contribution in [-0.2, 0) is 6.54 Å². The minimum Gasteiger partial charge on any atom is -0.379 e. The van der Waals surface area contributed by atoms with Crippen molar-refractivity contribution in [3.05, 3.63) is 111 Å². The monoisotopic (exact) mass is 652 g/mol. The fourth-order valence-corrected chi connectivity index (χ4v) is 6.43. The summed E-state index contributed by atoms with van der Waals surface area (Å²) in [5.74, 6) is 0. The minimum absolute atomic E-state index is 0.153. The van der Waals surface area contributed by atoms with Gasteiger partial charge in [-0.15, -0.1) is 5.10 Å². The second-order valence-corrected chi connectivity index (χ2v) is 13.9. The summed E-state index contributed by atoms with van der Waals surface area (Å²) in [6, 6.07) is 22.0. The molecule has 10 heteroatoms. The Bertz CT molecular complexity index is 1860. The summed E-state index contributed by atoms with van der Waals surface area (Å²) < 4.78 is 2.01. The van der Waals surface area contributed by atoms with Gasteiger partial charge in [0, 0.05) is 46.8 Å². The van der Waals surface area contributed by atoms with Crippen molar-refractivity contribution in [1.82, 2.24) is 24.9 Å². The van der Waals surface area contributed by atoms with Crippen molar-refractivity contribution in [2.45, 2.75) is 64.7 Å². The SMILES string of the molecule is Cc1ccc(CNc2c(C#N)cnc3c(N[C@@H](c4ccc(Cl)cc4)c4cn(C5CCN(C(C)(C)C)CC5)nn4)cc(Cl)cc23)cc1. The van der Waals surface area contributed by atoms with Gasteiger partial charge in [-0.25, -0.2) is 4.68 Å². The molecule has 2 aromatic heterocycles. The summed E-state index contributed by atoms with van der Waals surface area (Å²) in [6.07, 6.45) is 5.69. The number of halogens is 2. The molecule has 0 bridgehead atoms. The molecule has 2 N–H and O–H groups in total. The maximum atomic E-state index is 9.97. The van der Waals surface area contributed by atoms with Crippen LogP contribution in [0.2, 0.25) is 10.0 Å². The number of benzene rings is 3. The van der Waals surface area contributed by atoms with Crippen LogP contribution < -0.4 is 10.6 Å². The van der Waals surface area contributed by atoms with Crippen molar-refractivity contribution < 1.29 is 0 Å². The second-order valence-electron chi connectivity index (χ2n) is 13.0. The molecule has 5 aromatic rings. The molecule has 46 heavy (non-hydrogen) atoms. The van der Waals surface area contributed by atoms with E-state index in [2.05, 4.69) is 83.9 Å². The zero-order valence-electron chi connectivity index (χ0n) is 26.6. The number of hydrogen-bond acceptors (Lipinski definition) is 7. The van der Waals surface area contributed by atoms with Crippen molar-refractivity contribution >= 4 is 45.5 Å². The van der Waals surface area contributed by atoms with E-state index in [9.17, 15) is 5.26 Å². The van der Waals surface area contributed by atoms with Gasteiger partial charge < -0.3 is 10.6 Å². The Hall–Kier alpha value is -4.16. The van der Waals surface area contributed by atoms with Gasteiger partial charge in [-0.1, -0.05) is 70.4 Å². The molecule has 1 saturated heterocycles. The van der Waals surface area contributed by atoms with Crippen LogP contribution in [0.3, 0.4) is 0 Å². The number of anilines is 2. The molecule has 1 aliphatic rings. The highest BCUT2D eigenvalue weighted by molar-refractivity contribution is 6.32. The fraction of sp³-hybridized carbons (Fsp3) is 0.333. The molecular formula is C36H38Cl2N8. The van der Waals surface area contributed by atoms with Gasteiger partial charge in [0.05, 0.1) is 40.7 Å². The lowest BCUT2D eigenvalue weighted by Crippen LogP contribution is -2.46. The lowest BCUT2D eigenvalue weighted by Gasteiger charge is -2.40. The number of aromatic nitrogens is 4. The van der Waals surface area contributed by atoms with Crippen LogP contribution in [0.5, 0.6) is 0 Å². The smallest absolute Gasteiger partial charge is 0.109 e. The number of hydrogen-bond donors (Lipinski definition) is 2. The molecule has 1 aliphatic heterocycles. The fourth-order valence-electron chi connectivity index (χ4n) is 6.09. The van der Waals surface area contributed by atoms with Crippen LogP contribution in [0.15, 0.2) is 73.1 Å². The third kappa shape index (κ3) is 6.97. The molecule has 0 spiro atoms. The molecule has 3 heterocycles. The van der Waals surface area contributed by atoms with Gasteiger partial charge in [0.25, 0.3) is 0 Å². The number of nitrogens with one attached hydrogen (secondary N) is 2. The average Bonchev–Trinajstić information content (AvgIpc) is 3.53. The number of pyridine rings is 1. The lowest BCUT2D eigenvalue weighted by molar-refractivity contribution is 0.0866. The first-order chi connectivity index (χ1) is 22.1. The number of nitrogens with zero attached hydrogens (tertiary/aromatic N) is 6. The van der Waals surface area contributed by atoms with Gasteiger partial charge in [0.15, 0.2) is 0 Å². The van der Waals surface area contributed by atoms with E-state index >= 15 is 0 Å². The van der Waals surface area contributed by atoms with Crippen molar-refractivity contribution in [2.24, 2.45) is 0 Å². The Morgan fingerprint density at radius 3 is 2.39 bits per heavy atom. The summed E-state index contributed by atoms with van der Waals surface area (Å²) in [7, 11) is 0. The number of piperidine rings is 1. The zero-order chi connectivity index (χ0) is 32.4. The highest BCUT2D eigenvalue weighted by Crippen LogP contribution is 2.37. The summed E-state index contributed by atoms with van der Waals surface area (Å²) >= 11 is 13.0. The number of likely N-dealkylation sites (tertiary alicyclic amines) is 1. The van der Waals surface area contributed by atoms with Gasteiger partial charge >= 0.3 is 0 Å². The molecule has 0 aliphatic carbocycles. The van der Waals surface area contributed by atoms with Gasteiger partial charge in [0.2, 0.25) is 0 Å². The van der Waals surface area contributed by atoms with E-state index in [0.717, 1.165) is 53.8 Å². The Kier molecular flexibility index (Phi) is 9.19. The largest absolute Gasteiger partial charge is 0.379 e. The van der Waals surface area contributed by atoms with Gasteiger partial charge in [0.1, 0.15) is 11.8 Å². The maximum Gasteiger partial charge on any atom is 0.109 e. The molecule has 1 atom stereocenters. The highest BCUT2D eigenvalue weighted by Gasteiger charge is 2.29. The zero-order valence-corrected chi connectivity index (χ0v) is 28.1. The second kappa shape index (κ2) is 13.3. The quantitative estimate of drug-likeness (QED) is 0.173. The summed E-state index contributed by atoms with van der Waals surface area (Å²) in [5.41, 5.74) is 6.75. The summed E-state index contributed by atoms with van der Waals surface area (Å²) in [5, 5.41) is 28.3. The Morgan fingerprint density at radius 1 is 1.00 bits per heavy atom. The molecule has 0 unspecified atom stereocenters. The van der Waals surface area contributed by atoms with Crippen LogP contribution in [0.1, 0.15) is 73.6 Å². The molecule has 0 radical (unpaired) electrons. The Balaban J connectivity index is 1.34. The predicted molar refractivity (Wildman–Crippen MR) is 187 cm³/mol. The molecule has 0 amide bonds. The molecule has 1 fully saturated rings. The van der Waals surface area contributed by atoms with E-state index in [4.69, 9.17) is 28.2 Å². The first-order valence-corrected chi connectivity index (χ1v) is 16.3. The van der Waals surface area contributed by atoms with Gasteiger partial charge in [-0.3, -0.25) is 9.88 Å². The van der Waals surface area contributed by atoms with E-state index in [0.29, 0.717) is 33.4 Å². The normalized spacial score (nSPS) is 15.1. The van der Waals surface area contributed by atoms with Crippen LogP contribution in [0.25, 0.3) is 10.9 Å². The van der Waals surface area contributed by atoms with Crippen LogP contribution in [-0.4, -0.2) is 43.5 Å². The van der Waals surface area contributed by atoms with Gasteiger partial charge in [-0.2, -0.15) is 5.26 Å². The van der Waals surface area contributed by atoms with Crippen molar-refractivity contribution in [3.8, 4) is 6.07 Å². The molecule has 6 rings (SSSR count). The molecular weight excluding hydrogens is 615 g/mol. The first-order valence-electron chi connectivity index (χ1n) is 15.6. The summed E-state index contributed by atoms with van der Waals surface area (Å²) in [4.78, 5) is 7.26. The minimum atomic E-state index is -0.358. The van der Waals surface area contributed by atoms with E-state index in [1.54, 1.807) is 6.20 Å². The van der Waals surface area contributed by atoms with Crippen LogP contribution in [0, 0.1) is 18.3 Å². The molecule has 8 nitrogen and oxygen atoms in total. The highest BCUT2D eigenvalue weighted by atomic mass is 35.5. The van der Waals surface area contributed by atoms with Crippen LogP contribution in [0.4, 0.5) is 11.4 Å². The summed E-state index contributed by atoms with van der Waals surface area (Å²) in [6.45, 7) is 11.5. The molecule has 0 saturated carbocycles. The topological polar surface area (TPSA) is 94.7 Å². The predicted octanol–water partition coefficient (Wildman–Crippen LogP) is 8.56. The van der Waals surface area contributed by atoms with E-state index in [1.165, 1.54) is 5.56 Å². The average molecular weight is 654 g/mol. The number of fused-ring (bicyclic) bond motifs is 1. The van der Waals surface area contributed by atoms with Gasteiger partial charge in [-0.05, 0) is 75.9 Å². The van der Waals surface area contributed by atoms with Crippen molar-refractivity contribution in [2.75, 3.05) is 23.7 Å². The van der Waals surface area contributed by atoms with E-state index in [1.807, 2.05) is 47.3 Å². The van der Waals surface area contributed by atoms with E-state index in [-0.39, 0.29) is 17.6 Å². The maximum absolute atomic E-state index is 9.97. The first kappa shape index (κ1) is 31.8. The number of rotatable bonds is 8. The van der Waals surface area contributed by atoms with Crippen molar-refractivity contribution in [1.29, 1.82) is 5.26 Å². The van der Waals surface area contributed by atoms with E-state index < -0.39 is 0 Å². The number of nitriles is 1.